The third kappa shape index (κ3) is 4.01. The summed E-state index contributed by atoms with van der Waals surface area (Å²) in [6, 6.07) is 6.87. The predicted molar refractivity (Wildman–Crippen MR) is 61.2 cm³/mol. The zero-order valence-corrected chi connectivity index (χ0v) is 9.89. The van der Waals surface area contributed by atoms with Crippen LogP contribution in [0.5, 0.6) is 5.75 Å². The minimum atomic E-state index is -2.47. The Kier molecular flexibility index (Phi) is 3.74. The Balaban J connectivity index is 2.84. The second-order valence-electron chi connectivity index (χ2n) is 2.00. The Morgan fingerprint density at radius 2 is 2.17 bits per heavy atom. The minimum absolute atomic E-state index is 0.552. The number of benzene rings is 1. The summed E-state index contributed by atoms with van der Waals surface area (Å²) >= 11 is 20.1. The summed E-state index contributed by atoms with van der Waals surface area (Å²) in [6.07, 6.45) is 0. The number of hydrogen-bond acceptors (Lipinski definition) is 2. The molecule has 1 atom stereocenters. The highest BCUT2D eigenvalue weighted by Crippen LogP contribution is 2.56. The second-order valence-corrected chi connectivity index (χ2v) is 10.3. The fourth-order valence-corrected chi connectivity index (χ4v) is 1.99. The van der Waals surface area contributed by atoms with Gasteiger partial charge in [0.25, 0.3) is 4.82 Å². The number of halogens is 2. The second kappa shape index (κ2) is 4.21. The van der Waals surface area contributed by atoms with Gasteiger partial charge in [0.15, 0.2) is 0 Å². The molecule has 0 amide bonds. The van der Waals surface area contributed by atoms with E-state index in [9.17, 15) is 0 Å². The molecule has 6 heteroatoms. The van der Waals surface area contributed by atoms with Crippen LogP contribution in [0.3, 0.4) is 0 Å². The van der Waals surface area contributed by atoms with E-state index in [1.165, 1.54) is 0 Å². The van der Waals surface area contributed by atoms with Crippen LogP contribution in [0.1, 0.15) is 0 Å². The normalized spacial score (nSPS) is 15.2. The summed E-state index contributed by atoms with van der Waals surface area (Å²) in [5, 5.41) is 0.584. The van der Waals surface area contributed by atoms with Gasteiger partial charge >= 0.3 is 0 Å². The smallest absolute Gasteiger partial charge is 0.252 e. The molecular weight excluding hydrogens is 254 g/mol. The Morgan fingerprint density at radius 1 is 1.50 bits per heavy atom. The van der Waals surface area contributed by atoms with Crippen LogP contribution in [0.25, 0.3) is 0 Å². The summed E-state index contributed by atoms with van der Waals surface area (Å²) in [7, 11) is 0. The van der Waals surface area contributed by atoms with Crippen LogP contribution in [0, 0.1) is 0 Å². The van der Waals surface area contributed by atoms with Gasteiger partial charge in [-0.05, 0) is 41.2 Å². The van der Waals surface area contributed by atoms with Crippen LogP contribution in [0.2, 0.25) is 5.02 Å². The Hall–Kier alpha value is 0.600. The maximum Gasteiger partial charge on any atom is 0.252 e. The molecule has 12 heavy (non-hydrogen) atoms. The molecule has 1 unspecified atom stereocenters. The van der Waals surface area contributed by atoms with E-state index in [0.717, 1.165) is 0 Å². The van der Waals surface area contributed by atoms with Crippen LogP contribution in [0.4, 0.5) is 0 Å². The first-order valence-corrected chi connectivity index (χ1v) is 8.10. The van der Waals surface area contributed by atoms with E-state index in [4.69, 9.17) is 39.2 Å². The zero-order valence-electron chi connectivity index (χ0n) is 5.78. The predicted octanol–water partition coefficient (Wildman–Crippen LogP) is 4.11. The molecule has 1 rings (SSSR count). The highest BCUT2D eigenvalue weighted by Gasteiger charge is 2.07. The minimum Gasteiger partial charge on any atom is -0.444 e. The molecule has 0 fully saturated rings. The average molecular weight is 259 g/mol. The molecule has 0 aliphatic heterocycles. The van der Waals surface area contributed by atoms with Crippen molar-refractivity contribution in [1.82, 2.24) is 0 Å². The van der Waals surface area contributed by atoms with Crippen LogP contribution >= 0.6 is 39.9 Å². The molecule has 0 saturated heterocycles. The SMILES string of the molecule is S=P(S)(Cl)Oc1cccc(Cl)c1. The summed E-state index contributed by atoms with van der Waals surface area (Å²) in [5.41, 5.74) is 0. The summed E-state index contributed by atoms with van der Waals surface area (Å²) in [5.74, 6) is 0.552. The van der Waals surface area contributed by atoms with Crippen LogP contribution in [-0.2, 0) is 11.8 Å². The summed E-state index contributed by atoms with van der Waals surface area (Å²) in [4.78, 5) is -2.47. The van der Waals surface area contributed by atoms with Gasteiger partial charge in [-0.1, -0.05) is 29.9 Å². The van der Waals surface area contributed by atoms with Crippen molar-refractivity contribution in [3.8, 4) is 5.75 Å². The van der Waals surface area contributed by atoms with Gasteiger partial charge in [0.1, 0.15) is 5.75 Å². The van der Waals surface area contributed by atoms with Gasteiger partial charge in [-0.2, -0.15) is 0 Å². The molecule has 0 spiro atoms. The van der Waals surface area contributed by atoms with Crippen molar-refractivity contribution >= 4 is 51.7 Å². The maximum absolute atomic E-state index is 5.70. The molecule has 66 valence electrons. The fourth-order valence-electron chi connectivity index (χ4n) is 0.654. The van der Waals surface area contributed by atoms with Crippen molar-refractivity contribution in [2.45, 2.75) is 0 Å². The van der Waals surface area contributed by atoms with Crippen molar-refractivity contribution in [3.63, 3.8) is 0 Å². The summed E-state index contributed by atoms with van der Waals surface area (Å²) in [6.45, 7) is 0. The molecule has 0 aromatic heterocycles. The number of hydrogen-bond donors (Lipinski definition) is 1. The van der Waals surface area contributed by atoms with E-state index in [-0.39, 0.29) is 0 Å². The molecular formula is C6H5Cl2OPS2. The maximum atomic E-state index is 5.70. The van der Waals surface area contributed by atoms with E-state index in [2.05, 4.69) is 12.2 Å². The topological polar surface area (TPSA) is 9.23 Å². The number of thiol groups is 1. The lowest BCUT2D eigenvalue weighted by molar-refractivity contribution is 0.637. The third-order valence-electron chi connectivity index (χ3n) is 1.01. The van der Waals surface area contributed by atoms with Gasteiger partial charge in [0.05, 0.1) is 0 Å². The lowest BCUT2D eigenvalue weighted by Gasteiger charge is -2.09. The molecule has 0 aliphatic carbocycles. The third-order valence-corrected chi connectivity index (χ3v) is 2.36. The monoisotopic (exact) mass is 258 g/mol. The molecule has 1 aromatic carbocycles. The number of rotatable bonds is 2. The Labute approximate surface area is 91.1 Å². The molecule has 0 saturated carbocycles. The van der Waals surface area contributed by atoms with Gasteiger partial charge in [-0.15, -0.1) is 0 Å². The van der Waals surface area contributed by atoms with E-state index in [1.807, 2.05) is 0 Å². The highest BCUT2D eigenvalue weighted by atomic mass is 35.7. The lowest BCUT2D eigenvalue weighted by Crippen LogP contribution is -1.80. The van der Waals surface area contributed by atoms with E-state index in [1.54, 1.807) is 24.3 Å². The van der Waals surface area contributed by atoms with Gasteiger partial charge in [0, 0.05) is 5.02 Å². The van der Waals surface area contributed by atoms with Gasteiger partial charge in [0.2, 0.25) is 0 Å². The Bertz CT molecular complexity index is 325. The molecule has 0 aliphatic rings. The summed E-state index contributed by atoms with van der Waals surface area (Å²) < 4.78 is 5.15. The molecule has 0 radical (unpaired) electrons. The van der Waals surface area contributed by atoms with Crippen molar-refractivity contribution in [2.24, 2.45) is 0 Å². The molecule has 1 nitrogen and oxygen atoms in total. The molecule has 0 N–H and O–H groups in total. The first-order valence-electron chi connectivity index (χ1n) is 2.95. The Morgan fingerprint density at radius 3 is 2.67 bits per heavy atom. The van der Waals surface area contributed by atoms with E-state index >= 15 is 0 Å². The zero-order chi connectivity index (χ0) is 9.19. The quantitative estimate of drug-likeness (QED) is 0.632. The largest absolute Gasteiger partial charge is 0.444 e. The van der Waals surface area contributed by atoms with Crippen molar-refractivity contribution in [3.05, 3.63) is 29.3 Å². The van der Waals surface area contributed by atoms with Crippen LogP contribution in [0.15, 0.2) is 24.3 Å². The van der Waals surface area contributed by atoms with Crippen molar-refractivity contribution < 1.29 is 4.52 Å². The lowest BCUT2D eigenvalue weighted by atomic mass is 10.3. The van der Waals surface area contributed by atoms with Crippen LogP contribution < -0.4 is 4.52 Å². The molecule has 1 aromatic rings. The van der Waals surface area contributed by atoms with E-state index in [0.29, 0.717) is 10.8 Å². The van der Waals surface area contributed by atoms with E-state index < -0.39 is 4.82 Å². The van der Waals surface area contributed by atoms with Gasteiger partial charge in [-0.3, -0.25) is 0 Å². The average Bonchev–Trinajstić information content (AvgIpc) is 1.82. The van der Waals surface area contributed by atoms with Crippen molar-refractivity contribution in [1.29, 1.82) is 0 Å². The molecule has 0 bridgehead atoms. The highest BCUT2D eigenvalue weighted by molar-refractivity contribution is 8.69. The fraction of sp³-hybridized carbons (Fsp3) is 0. The standard InChI is InChI=1S/C6H5Cl2OPS2/c7-5-2-1-3-6(4-5)9-10(8,11)12/h1-4H,(H,11,12). The first-order chi connectivity index (χ1) is 5.47. The molecule has 0 heterocycles. The van der Waals surface area contributed by atoms with Crippen LogP contribution in [-0.4, -0.2) is 0 Å². The van der Waals surface area contributed by atoms with Gasteiger partial charge in [-0.25, -0.2) is 0 Å². The van der Waals surface area contributed by atoms with Crippen molar-refractivity contribution in [2.75, 3.05) is 0 Å². The first kappa shape index (κ1) is 10.7. The van der Waals surface area contributed by atoms with Gasteiger partial charge < -0.3 is 4.52 Å².